The van der Waals surface area contributed by atoms with E-state index in [1.165, 1.54) is 25.7 Å². The van der Waals surface area contributed by atoms with Crippen molar-refractivity contribution in [2.45, 2.75) is 66.2 Å². The highest BCUT2D eigenvalue weighted by Crippen LogP contribution is 2.39. The molecule has 1 aliphatic rings. The van der Waals surface area contributed by atoms with Crippen LogP contribution in [0.1, 0.15) is 64.3 Å². The number of hydrogen-bond donors (Lipinski definition) is 1. The Morgan fingerprint density at radius 3 is 2.24 bits per heavy atom. The molecular formula is C17H30N4. The first-order chi connectivity index (χ1) is 10.0. The molecule has 4 heteroatoms. The third-order valence-corrected chi connectivity index (χ3v) is 5.30. The molecule has 1 fully saturated rings. The van der Waals surface area contributed by atoms with Crippen LogP contribution in [0.15, 0.2) is 0 Å². The second kappa shape index (κ2) is 6.63. The SMILES string of the molecule is CCCc1nc(N)c(C)c(N2CCC(CC)(CC)CC2)n1. The minimum absolute atomic E-state index is 0.537. The summed E-state index contributed by atoms with van der Waals surface area (Å²) in [5.41, 5.74) is 7.66. The van der Waals surface area contributed by atoms with Crippen LogP contribution >= 0.6 is 0 Å². The monoisotopic (exact) mass is 290 g/mol. The minimum Gasteiger partial charge on any atom is -0.383 e. The van der Waals surface area contributed by atoms with Crippen LogP contribution in [0.3, 0.4) is 0 Å². The molecule has 2 rings (SSSR count). The summed E-state index contributed by atoms with van der Waals surface area (Å²) in [6.45, 7) is 11.0. The molecule has 4 nitrogen and oxygen atoms in total. The third kappa shape index (κ3) is 3.30. The van der Waals surface area contributed by atoms with Crippen molar-refractivity contribution in [3.05, 3.63) is 11.4 Å². The van der Waals surface area contributed by atoms with E-state index in [2.05, 4.69) is 30.7 Å². The van der Waals surface area contributed by atoms with Gasteiger partial charge in [-0.05, 0) is 31.6 Å². The van der Waals surface area contributed by atoms with Crippen molar-refractivity contribution >= 4 is 11.6 Å². The van der Waals surface area contributed by atoms with Gasteiger partial charge in [0.25, 0.3) is 0 Å². The summed E-state index contributed by atoms with van der Waals surface area (Å²) >= 11 is 0. The molecule has 0 unspecified atom stereocenters. The summed E-state index contributed by atoms with van der Waals surface area (Å²) in [7, 11) is 0. The van der Waals surface area contributed by atoms with Gasteiger partial charge < -0.3 is 10.6 Å². The Morgan fingerprint density at radius 1 is 1.10 bits per heavy atom. The maximum absolute atomic E-state index is 6.09. The van der Waals surface area contributed by atoms with Crippen LogP contribution in [0.25, 0.3) is 0 Å². The minimum atomic E-state index is 0.537. The lowest BCUT2D eigenvalue weighted by Gasteiger charge is -2.42. The van der Waals surface area contributed by atoms with Crippen LogP contribution in [0, 0.1) is 12.3 Å². The molecule has 0 atom stereocenters. The molecule has 0 spiro atoms. The zero-order valence-corrected chi connectivity index (χ0v) is 14.1. The Kier molecular flexibility index (Phi) is 5.07. The summed E-state index contributed by atoms with van der Waals surface area (Å²) < 4.78 is 0. The van der Waals surface area contributed by atoms with Gasteiger partial charge in [-0.2, -0.15) is 0 Å². The second-order valence-corrected chi connectivity index (χ2v) is 6.42. The molecule has 1 aromatic heterocycles. The number of piperidine rings is 1. The molecule has 1 aliphatic heterocycles. The average Bonchev–Trinajstić information content (AvgIpc) is 2.51. The van der Waals surface area contributed by atoms with Gasteiger partial charge >= 0.3 is 0 Å². The van der Waals surface area contributed by atoms with Crippen molar-refractivity contribution in [2.75, 3.05) is 23.7 Å². The van der Waals surface area contributed by atoms with Gasteiger partial charge in [0.2, 0.25) is 0 Å². The molecule has 118 valence electrons. The zero-order chi connectivity index (χ0) is 15.5. The highest BCUT2D eigenvalue weighted by molar-refractivity contribution is 5.56. The van der Waals surface area contributed by atoms with Crippen molar-refractivity contribution < 1.29 is 0 Å². The summed E-state index contributed by atoms with van der Waals surface area (Å²) in [5.74, 6) is 2.59. The maximum atomic E-state index is 6.09. The Morgan fingerprint density at radius 2 is 1.71 bits per heavy atom. The molecule has 1 saturated heterocycles. The predicted octanol–water partition coefficient (Wildman–Crippen LogP) is 3.73. The molecule has 0 saturated carbocycles. The molecule has 1 aromatic rings. The number of anilines is 2. The van der Waals surface area contributed by atoms with E-state index in [1.54, 1.807) is 0 Å². The standard InChI is InChI=1S/C17H30N4/c1-5-8-14-19-15(18)13(4)16(20-14)21-11-9-17(6-2,7-3)10-12-21/h5-12H2,1-4H3,(H2,18,19,20). The van der Waals surface area contributed by atoms with Crippen molar-refractivity contribution in [3.63, 3.8) is 0 Å². The fraction of sp³-hybridized carbons (Fsp3) is 0.765. The lowest BCUT2D eigenvalue weighted by Crippen LogP contribution is -2.40. The van der Waals surface area contributed by atoms with Gasteiger partial charge in [0.1, 0.15) is 17.5 Å². The van der Waals surface area contributed by atoms with Gasteiger partial charge in [0.15, 0.2) is 0 Å². The van der Waals surface area contributed by atoms with Crippen molar-refractivity contribution in [3.8, 4) is 0 Å². The number of nitrogens with zero attached hydrogens (tertiary/aromatic N) is 3. The van der Waals surface area contributed by atoms with Crippen LogP contribution in [-0.4, -0.2) is 23.1 Å². The average molecular weight is 290 g/mol. The lowest BCUT2D eigenvalue weighted by atomic mass is 9.74. The largest absolute Gasteiger partial charge is 0.383 e. The number of rotatable bonds is 5. The van der Waals surface area contributed by atoms with E-state index in [0.29, 0.717) is 11.2 Å². The van der Waals surface area contributed by atoms with Crippen molar-refractivity contribution in [2.24, 2.45) is 5.41 Å². The van der Waals surface area contributed by atoms with Gasteiger partial charge in [0, 0.05) is 25.1 Å². The molecule has 0 aliphatic carbocycles. The van der Waals surface area contributed by atoms with E-state index in [4.69, 9.17) is 10.7 Å². The number of aryl methyl sites for hydroxylation is 1. The fourth-order valence-corrected chi connectivity index (χ4v) is 3.36. The van der Waals surface area contributed by atoms with Gasteiger partial charge in [-0.1, -0.05) is 33.6 Å². The first-order valence-electron chi connectivity index (χ1n) is 8.43. The summed E-state index contributed by atoms with van der Waals surface area (Å²) in [4.78, 5) is 11.6. The number of aromatic nitrogens is 2. The predicted molar refractivity (Wildman–Crippen MR) is 89.6 cm³/mol. The van der Waals surface area contributed by atoms with E-state index in [1.807, 2.05) is 6.92 Å². The molecule has 0 bridgehead atoms. The van der Waals surface area contributed by atoms with Gasteiger partial charge in [-0.3, -0.25) is 0 Å². The molecule has 21 heavy (non-hydrogen) atoms. The van der Waals surface area contributed by atoms with Gasteiger partial charge in [0.05, 0.1) is 0 Å². The fourth-order valence-electron chi connectivity index (χ4n) is 3.36. The summed E-state index contributed by atoms with van der Waals surface area (Å²) in [6, 6.07) is 0. The van der Waals surface area contributed by atoms with Crippen molar-refractivity contribution in [1.82, 2.24) is 9.97 Å². The van der Waals surface area contributed by atoms with E-state index in [-0.39, 0.29) is 0 Å². The number of hydrogen-bond acceptors (Lipinski definition) is 4. The molecule has 2 heterocycles. The molecule has 0 aromatic carbocycles. The second-order valence-electron chi connectivity index (χ2n) is 6.42. The van der Waals surface area contributed by atoms with E-state index < -0.39 is 0 Å². The van der Waals surface area contributed by atoms with Crippen molar-refractivity contribution in [1.29, 1.82) is 0 Å². The van der Waals surface area contributed by atoms with E-state index in [9.17, 15) is 0 Å². The van der Waals surface area contributed by atoms with E-state index in [0.717, 1.165) is 43.1 Å². The zero-order valence-electron chi connectivity index (χ0n) is 14.1. The molecular weight excluding hydrogens is 260 g/mol. The van der Waals surface area contributed by atoms with Gasteiger partial charge in [-0.15, -0.1) is 0 Å². The first-order valence-corrected chi connectivity index (χ1v) is 8.43. The number of nitrogens with two attached hydrogens (primary N) is 1. The van der Waals surface area contributed by atoms with Crippen LogP contribution in [0.2, 0.25) is 0 Å². The topological polar surface area (TPSA) is 55.0 Å². The Labute approximate surface area is 129 Å². The highest BCUT2D eigenvalue weighted by atomic mass is 15.2. The van der Waals surface area contributed by atoms with Crippen LogP contribution in [0.5, 0.6) is 0 Å². The molecule has 0 radical (unpaired) electrons. The van der Waals surface area contributed by atoms with E-state index >= 15 is 0 Å². The third-order valence-electron chi connectivity index (χ3n) is 5.30. The molecule has 2 N–H and O–H groups in total. The van der Waals surface area contributed by atoms with Crippen LogP contribution in [-0.2, 0) is 6.42 Å². The van der Waals surface area contributed by atoms with Crippen LogP contribution < -0.4 is 10.6 Å². The number of nitrogen functional groups attached to an aromatic ring is 1. The lowest BCUT2D eigenvalue weighted by molar-refractivity contribution is 0.199. The molecule has 0 amide bonds. The quantitative estimate of drug-likeness (QED) is 0.898. The Hall–Kier alpha value is -1.32. The van der Waals surface area contributed by atoms with Gasteiger partial charge in [-0.25, -0.2) is 9.97 Å². The Bertz CT molecular complexity index is 470. The maximum Gasteiger partial charge on any atom is 0.137 e. The Balaban J connectivity index is 2.19. The first kappa shape index (κ1) is 16.1. The van der Waals surface area contributed by atoms with Crippen LogP contribution in [0.4, 0.5) is 11.6 Å². The smallest absolute Gasteiger partial charge is 0.137 e. The summed E-state index contributed by atoms with van der Waals surface area (Å²) in [5, 5.41) is 0. The highest BCUT2D eigenvalue weighted by Gasteiger charge is 2.32. The summed E-state index contributed by atoms with van der Waals surface area (Å²) in [6.07, 6.45) is 7.03. The normalized spacial score (nSPS) is 18.0.